The van der Waals surface area contributed by atoms with Gasteiger partial charge in [-0.1, -0.05) is 0 Å². The second kappa shape index (κ2) is 9.37. The Labute approximate surface area is 193 Å². The Kier molecular flexibility index (Phi) is 6.18. The number of rotatable bonds is 6. The zero-order valence-corrected chi connectivity index (χ0v) is 18.2. The van der Waals surface area contributed by atoms with Crippen LogP contribution in [0.4, 0.5) is 11.4 Å². The average molecular weight is 460 g/mol. The molecule has 0 fully saturated rings. The van der Waals surface area contributed by atoms with Crippen molar-refractivity contribution in [3.8, 4) is 17.2 Å². The Balaban J connectivity index is 1.79. The van der Waals surface area contributed by atoms with Gasteiger partial charge in [0.15, 0.2) is 11.5 Å². The number of benzene rings is 3. The number of aromatic hydroxyl groups is 1. The third-order valence-electron chi connectivity index (χ3n) is 4.96. The van der Waals surface area contributed by atoms with E-state index in [0.29, 0.717) is 33.8 Å². The molecular weight excluding hydrogens is 440 g/mol. The largest absolute Gasteiger partial charge is 0.508 e. The fraction of sp³-hybridized carbons (Fsp3) is 0.0800. The van der Waals surface area contributed by atoms with Crippen molar-refractivity contribution in [3.63, 3.8) is 0 Å². The van der Waals surface area contributed by atoms with Gasteiger partial charge in [-0.2, -0.15) is 0 Å². The minimum absolute atomic E-state index is 0.00413. The van der Waals surface area contributed by atoms with Crippen molar-refractivity contribution >= 4 is 34.2 Å². The Morgan fingerprint density at radius 3 is 2.32 bits per heavy atom. The van der Waals surface area contributed by atoms with Crippen LogP contribution in [0.3, 0.4) is 0 Å². The number of methoxy groups -OCH3 is 2. The highest BCUT2D eigenvalue weighted by atomic mass is 16.5. The summed E-state index contributed by atoms with van der Waals surface area (Å²) in [6.07, 6.45) is 0. The highest BCUT2D eigenvalue weighted by Gasteiger charge is 2.15. The minimum Gasteiger partial charge on any atom is -0.508 e. The Hall–Kier alpha value is -4.79. The molecule has 4 aromatic rings. The Morgan fingerprint density at radius 2 is 1.65 bits per heavy atom. The first-order chi connectivity index (χ1) is 16.4. The first-order valence-corrected chi connectivity index (χ1v) is 10.1. The van der Waals surface area contributed by atoms with Crippen molar-refractivity contribution in [1.82, 2.24) is 0 Å². The molecule has 0 aliphatic heterocycles. The lowest BCUT2D eigenvalue weighted by Gasteiger charge is -2.11. The number of carbonyl (C=O) groups is 2. The number of amides is 1. The fourth-order valence-electron chi connectivity index (χ4n) is 3.26. The van der Waals surface area contributed by atoms with E-state index in [2.05, 4.69) is 10.3 Å². The number of carboxylic acid groups (broad SMARTS) is 1. The summed E-state index contributed by atoms with van der Waals surface area (Å²) in [5.41, 5.74) is 1.39. The maximum atomic E-state index is 13.2. The van der Waals surface area contributed by atoms with Gasteiger partial charge in [0.25, 0.3) is 5.91 Å². The van der Waals surface area contributed by atoms with Gasteiger partial charge in [0, 0.05) is 23.2 Å². The number of phenolic OH excluding ortho intramolecular Hbond substituents is 1. The molecule has 0 bridgehead atoms. The molecule has 0 aliphatic rings. The lowest BCUT2D eigenvalue weighted by Crippen LogP contribution is -2.21. The number of ether oxygens (including phenoxy) is 2. The molecule has 1 amide bonds. The number of anilines is 1. The third kappa shape index (κ3) is 4.68. The van der Waals surface area contributed by atoms with E-state index in [1.54, 1.807) is 30.3 Å². The molecule has 0 spiro atoms. The summed E-state index contributed by atoms with van der Waals surface area (Å²) < 4.78 is 16.4. The van der Waals surface area contributed by atoms with Gasteiger partial charge in [-0.3, -0.25) is 4.79 Å². The molecule has 9 nitrogen and oxygen atoms in total. The van der Waals surface area contributed by atoms with Crippen molar-refractivity contribution in [1.29, 1.82) is 0 Å². The first kappa shape index (κ1) is 22.4. The number of hydrogen-bond donors (Lipinski definition) is 3. The van der Waals surface area contributed by atoms with E-state index in [9.17, 15) is 14.7 Å². The van der Waals surface area contributed by atoms with Gasteiger partial charge >= 0.3 is 5.97 Å². The van der Waals surface area contributed by atoms with Crippen molar-refractivity contribution in [2.24, 2.45) is 4.99 Å². The highest BCUT2D eigenvalue weighted by molar-refractivity contribution is 6.05. The maximum Gasteiger partial charge on any atom is 0.335 e. The van der Waals surface area contributed by atoms with Gasteiger partial charge in [-0.25, -0.2) is 9.79 Å². The zero-order valence-electron chi connectivity index (χ0n) is 18.2. The molecule has 1 heterocycles. The molecule has 3 aromatic carbocycles. The van der Waals surface area contributed by atoms with Crippen molar-refractivity contribution in [2.45, 2.75) is 0 Å². The van der Waals surface area contributed by atoms with Crippen LogP contribution in [0, 0.1) is 0 Å². The molecule has 0 aliphatic carbocycles. The number of hydrogen-bond acceptors (Lipinski definition) is 7. The van der Waals surface area contributed by atoms with Crippen LogP contribution in [0.1, 0.15) is 20.7 Å². The van der Waals surface area contributed by atoms with E-state index >= 15 is 0 Å². The summed E-state index contributed by atoms with van der Waals surface area (Å²) in [6, 6.07) is 16.9. The van der Waals surface area contributed by atoms with Crippen molar-refractivity contribution in [3.05, 3.63) is 83.4 Å². The molecule has 3 N–H and O–H groups in total. The predicted octanol–water partition coefficient (Wildman–Crippen LogP) is 4.34. The molecule has 1 aromatic heterocycles. The second-order valence-corrected chi connectivity index (χ2v) is 7.18. The molecule has 0 saturated heterocycles. The monoisotopic (exact) mass is 460 g/mol. The Morgan fingerprint density at radius 1 is 0.912 bits per heavy atom. The summed E-state index contributed by atoms with van der Waals surface area (Å²) in [5.74, 6) is -0.598. The zero-order chi connectivity index (χ0) is 24.2. The fourth-order valence-corrected chi connectivity index (χ4v) is 3.26. The highest BCUT2D eigenvalue weighted by Crippen LogP contribution is 2.30. The van der Waals surface area contributed by atoms with Crippen molar-refractivity contribution in [2.75, 3.05) is 19.5 Å². The van der Waals surface area contributed by atoms with Gasteiger partial charge in [-0.05, 0) is 54.6 Å². The summed E-state index contributed by atoms with van der Waals surface area (Å²) in [7, 11) is 3.01. The van der Waals surface area contributed by atoms with E-state index in [4.69, 9.17) is 19.0 Å². The third-order valence-corrected chi connectivity index (χ3v) is 4.96. The van der Waals surface area contributed by atoms with E-state index < -0.39 is 11.9 Å². The van der Waals surface area contributed by atoms with Crippen LogP contribution in [0.2, 0.25) is 0 Å². The molecule has 0 unspecified atom stereocenters. The normalized spacial score (nSPS) is 11.3. The molecule has 9 heteroatoms. The number of phenols is 1. The standard InChI is InChI=1S/C25H20N2O7/c1-32-20-10-8-17(12-22(20)33-2)26-23(29)19-11-15-5-9-18(28)13-21(15)34-24(19)27-16-6-3-14(4-7-16)25(30)31/h3-13,28H,1-2H3,(H,26,29)(H,30,31). The summed E-state index contributed by atoms with van der Waals surface area (Å²) in [4.78, 5) is 28.7. The predicted molar refractivity (Wildman–Crippen MR) is 124 cm³/mol. The van der Waals surface area contributed by atoms with Gasteiger partial charge in [0.05, 0.1) is 25.5 Å². The van der Waals surface area contributed by atoms with Crippen LogP contribution in [0.25, 0.3) is 11.0 Å². The van der Waals surface area contributed by atoms with Crippen LogP contribution in [-0.2, 0) is 0 Å². The lowest BCUT2D eigenvalue weighted by atomic mass is 10.1. The smallest absolute Gasteiger partial charge is 0.335 e. The number of aromatic carboxylic acids is 1. The number of carboxylic acids is 1. The van der Waals surface area contributed by atoms with Crippen molar-refractivity contribution < 1.29 is 33.7 Å². The molecule has 34 heavy (non-hydrogen) atoms. The number of nitrogens with one attached hydrogen (secondary N) is 1. The van der Waals surface area contributed by atoms with Crippen LogP contribution in [0.15, 0.2) is 76.1 Å². The summed E-state index contributed by atoms with van der Waals surface area (Å²) >= 11 is 0. The first-order valence-electron chi connectivity index (χ1n) is 10.1. The molecule has 0 radical (unpaired) electrons. The summed E-state index contributed by atoms with van der Waals surface area (Å²) in [6.45, 7) is 0. The topological polar surface area (TPSA) is 131 Å². The number of carbonyl (C=O) groups excluding carboxylic acids is 1. The van der Waals surface area contributed by atoms with Crippen LogP contribution in [-0.4, -0.2) is 36.3 Å². The lowest BCUT2D eigenvalue weighted by molar-refractivity contribution is 0.0696. The minimum atomic E-state index is -1.06. The van der Waals surface area contributed by atoms with Crippen LogP contribution >= 0.6 is 0 Å². The van der Waals surface area contributed by atoms with E-state index in [0.717, 1.165) is 0 Å². The summed E-state index contributed by atoms with van der Waals surface area (Å²) in [5, 5.41) is 22.3. The number of nitrogens with zero attached hydrogens (tertiary/aromatic N) is 1. The van der Waals surface area contributed by atoms with E-state index in [-0.39, 0.29) is 22.4 Å². The average Bonchev–Trinajstić information content (AvgIpc) is 2.83. The van der Waals surface area contributed by atoms with E-state index in [1.807, 2.05) is 0 Å². The SMILES string of the molecule is COc1ccc(NC(=O)c2cc3ccc(O)cc3oc2=Nc2ccc(C(=O)O)cc2)cc1OC. The van der Waals surface area contributed by atoms with Crippen LogP contribution in [0.5, 0.6) is 17.2 Å². The van der Waals surface area contributed by atoms with Crippen LogP contribution < -0.4 is 20.3 Å². The Bertz CT molecular complexity index is 1460. The van der Waals surface area contributed by atoms with Gasteiger partial charge in [-0.15, -0.1) is 0 Å². The number of fused-ring (bicyclic) bond motifs is 1. The quantitative estimate of drug-likeness (QED) is 0.390. The maximum absolute atomic E-state index is 13.2. The molecule has 172 valence electrons. The molecule has 0 saturated carbocycles. The molecule has 0 atom stereocenters. The second-order valence-electron chi connectivity index (χ2n) is 7.18. The van der Waals surface area contributed by atoms with Gasteiger partial charge in [0.1, 0.15) is 16.9 Å². The molecular formula is C25H20N2O7. The van der Waals surface area contributed by atoms with E-state index in [1.165, 1.54) is 50.6 Å². The molecule has 4 rings (SSSR count). The van der Waals surface area contributed by atoms with Gasteiger partial charge < -0.3 is 29.4 Å². The van der Waals surface area contributed by atoms with Gasteiger partial charge in [0.2, 0.25) is 5.55 Å².